The van der Waals surface area contributed by atoms with Crippen molar-refractivity contribution in [3.05, 3.63) is 162 Å². The molecule has 216 valence electrons. The molecule has 3 nitrogen and oxygen atoms in total. The molecule has 0 aliphatic carbocycles. The summed E-state index contributed by atoms with van der Waals surface area (Å²) in [6.45, 7) is 6.57. The van der Waals surface area contributed by atoms with E-state index >= 15 is 4.57 Å². The average molecular weight is 592 g/mol. The first kappa shape index (κ1) is 28.0. The van der Waals surface area contributed by atoms with Crippen molar-refractivity contribution in [2.75, 3.05) is 4.90 Å². The van der Waals surface area contributed by atoms with Crippen LogP contribution in [0.2, 0.25) is 0 Å². The Bertz CT molecular complexity index is 1960. The number of nitrogens with zero attached hydrogens (tertiary/aromatic N) is 1. The Morgan fingerprint density at radius 2 is 1.07 bits per heavy atom. The Hall–Kier alpha value is -4.85. The lowest BCUT2D eigenvalue weighted by molar-refractivity contribution is 0.477. The number of rotatable bonds is 5. The molecule has 1 N–H and O–H groups in total. The van der Waals surface area contributed by atoms with Crippen molar-refractivity contribution in [1.82, 2.24) is 0 Å². The van der Waals surface area contributed by atoms with E-state index in [-0.39, 0.29) is 11.2 Å². The predicted molar refractivity (Wildman–Crippen MR) is 184 cm³/mol. The largest absolute Gasteiger partial charge is 0.507 e. The van der Waals surface area contributed by atoms with Gasteiger partial charge >= 0.3 is 0 Å². The molecule has 0 spiro atoms. The fraction of sp³-hybridized carbons (Fsp3) is 0.100. The zero-order valence-electron chi connectivity index (χ0n) is 25.1. The number of hydrogen-bond acceptors (Lipinski definition) is 3. The van der Waals surface area contributed by atoms with Gasteiger partial charge in [-0.1, -0.05) is 129 Å². The van der Waals surface area contributed by atoms with Gasteiger partial charge in [-0.15, -0.1) is 0 Å². The lowest BCUT2D eigenvalue weighted by atomic mass is 9.73. The Balaban J connectivity index is 1.60. The van der Waals surface area contributed by atoms with Crippen LogP contribution in [0.5, 0.6) is 5.75 Å². The highest BCUT2D eigenvalue weighted by molar-refractivity contribution is 7.85. The van der Waals surface area contributed by atoms with Gasteiger partial charge in [-0.25, -0.2) is 0 Å². The maximum Gasteiger partial charge on any atom is 0.171 e. The summed E-state index contributed by atoms with van der Waals surface area (Å²) in [7, 11) is -3.36. The number of para-hydroxylation sites is 3. The van der Waals surface area contributed by atoms with Crippen LogP contribution < -0.4 is 20.8 Å². The first-order chi connectivity index (χ1) is 21.3. The number of fused-ring (bicyclic) bond motifs is 2. The van der Waals surface area contributed by atoms with Crippen molar-refractivity contribution < 1.29 is 9.67 Å². The molecule has 0 saturated carbocycles. The maximum atomic E-state index is 15.9. The van der Waals surface area contributed by atoms with E-state index < -0.39 is 7.14 Å². The van der Waals surface area contributed by atoms with Gasteiger partial charge in [0.2, 0.25) is 0 Å². The maximum absolute atomic E-state index is 15.9. The van der Waals surface area contributed by atoms with Crippen molar-refractivity contribution in [3.8, 4) is 16.9 Å². The van der Waals surface area contributed by atoms with Gasteiger partial charge in [0.25, 0.3) is 0 Å². The van der Waals surface area contributed by atoms with E-state index in [9.17, 15) is 5.11 Å². The van der Waals surface area contributed by atoms with Crippen molar-refractivity contribution >= 4 is 40.1 Å². The van der Waals surface area contributed by atoms with Crippen LogP contribution in [0.3, 0.4) is 0 Å². The van der Waals surface area contributed by atoms with E-state index in [4.69, 9.17) is 0 Å². The fourth-order valence-electron chi connectivity index (χ4n) is 6.77. The smallest absolute Gasteiger partial charge is 0.171 e. The predicted octanol–water partition coefficient (Wildman–Crippen LogP) is 9.12. The topological polar surface area (TPSA) is 40.5 Å². The SMILES string of the molecule is Cc1c(-c2ccccc2O)cc(N2c3ccccc3C(C)(C)c3ccccc32)cc1P(=O)(c1ccccc1)c1ccccc1. The summed E-state index contributed by atoms with van der Waals surface area (Å²) in [4.78, 5) is 2.29. The molecule has 44 heavy (non-hydrogen) atoms. The van der Waals surface area contributed by atoms with Crippen LogP contribution in [0.15, 0.2) is 146 Å². The summed E-state index contributed by atoms with van der Waals surface area (Å²) >= 11 is 0. The van der Waals surface area contributed by atoms with Gasteiger partial charge in [0.05, 0.1) is 11.4 Å². The number of hydrogen-bond donors (Lipinski definition) is 1. The molecule has 0 atom stereocenters. The molecule has 6 aromatic carbocycles. The molecule has 0 amide bonds. The molecule has 0 bridgehead atoms. The third kappa shape index (κ3) is 4.31. The van der Waals surface area contributed by atoms with Gasteiger partial charge < -0.3 is 14.6 Å². The molecule has 1 heterocycles. The van der Waals surface area contributed by atoms with Crippen LogP contribution in [0, 0.1) is 6.92 Å². The van der Waals surface area contributed by atoms with E-state index in [1.807, 2.05) is 85.8 Å². The van der Waals surface area contributed by atoms with Crippen LogP contribution in [-0.2, 0) is 9.98 Å². The van der Waals surface area contributed by atoms with Crippen LogP contribution in [0.25, 0.3) is 11.1 Å². The Labute approximate surface area is 259 Å². The van der Waals surface area contributed by atoms with E-state index in [0.29, 0.717) is 5.56 Å². The molecule has 4 heteroatoms. The molecule has 0 fully saturated rings. The van der Waals surface area contributed by atoms with E-state index in [1.54, 1.807) is 6.07 Å². The second-order valence-electron chi connectivity index (χ2n) is 11.9. The normalized spacial score (nSPS) is 13.7. The molecule has 1 aliphatic heterocycles. The number of anilines is 3. The van der Waals surface area contributed by atoms with Gasteiger partial charge in [0.1, 0.15) is 5.75 Å². The monoisotopic (exact) mass is 591 g/mol. The third-order valence-corrected chi connectivity index (χ3v) is 12.2. The molecule has 0 unspecified atom stereocenters. The molecule has 1 aliphatic rings. The number of aromatic hydroxyl groups is 1. The second-order valence-corrected chi connectivity index (χ2v) is 14.7. The van der Waals surface area contributed by atoms with Crippen molar-refractivity contribution in [3.63, 3.8) is 0 Å². The van der Waals surface area contributed by atoms with Crippen LogP contribution in [-0.4, -0.2) is 5.11 Å². The number of phenols is 1. The minimum atomic E-state index is -3.36. The fourth-order valence-corrected chi connectivity index (χ4v) is 9.72. The molecule has 0 saturated heterocycles. The highest BCUT2D eigenvalue weighted by Gasteiger charge is 2.38. The van der Waals surface area contributed by atoms with E-state index in [0.717, 1.165) is 44.1 Å². The first-order valence-electron chi connectivity index (χ1n) is 15.0. The zero-order chi connectivity index (χ0) is 30.5. The van der Waals surface area contributed by atoms with Crippen LogP contribution in [0.1, 0.15) is 30.5 Å². The van der Waals surface area contributed by atoms with Crippen LogP contribution >= 0.6 is 7.14 Å². The molecular weight excluding hydrogens is 557 g/mol. The molecule has 6 aromatic rings. The van der Waals surface area contributed by atoms with Crippen molar-refractivity contribution in [2.24, 2.45) is 0 Å². The molecule has 0 aromatic heterocycles. The van der Waals surface area contributed by atoms with Crippen molar-refractivity contribution in [2.45, 2.75) is 26.2 Å². The van der Waals surface area contributed by atoms with E-state index in [2.05, 4.69) is 79.4 Å². The summed E-state index contributed by atoms with van der Waals surface area (Å²) in [5, 5.41) is 13.4. The quantitative estimate of drug-likeness (QED) is 0.203. The zero-order valence-corrected chi connectivity index (χ0v) is 26.0. The van der Waals surface area contributed by atoms with Gasteiger partial charge in [-0.3, -0.25) is 0 Å². The van der Waals surface area contributed by atoms with Crippen LogP contribution in [0.4, 0.5) is 17.1 Å². The second kappa shape index (κ2) is 10.7. The van der Waals surface area contributed by atoms with Gasteiger partial charge in [-0.2, -0.15) is 0 Å². The Morgan fingerprint density at radius 1 is 0.591 bits per heavy atom. The summed E-state index contributed by atoms with van der Waals surface area (Å²) in [6, 6.07) is 48.3. The first-order valence-corrected chi connectivity index (χ1v) is 16.7. The lowest BCUT2D eigenvalue weighted by Crippen LogP contribution is -2.32. The highest BCUT2D eigenvalue weighted by Crippen LogP contribution is 2.53. The summed E-state index contributed by atoms with van der Waals surface area (Å²) in [5.41, 5.74) is 7.74. The van der Waals surface area contributed by atoms with E-state index in [1.165, 1.54) is 11.1 Å². The molecule has 0 radical (unpaired) electrons. The number of phenolic OH excluding ortho intramolecular Hbond substituents is 1. The Kier molecular flexibility index (Phi) is 6.80. The highest BCUT2D eigenvalue weighted by atomic mass is 31.2. The van der Waals surface area contributed by atoms with Gasteiger partial charge in [0.15, 0.2) is 7.14 Å². The number of benzene rings is 6. The average Bonchev–Trinajstić information content (AvgIpc) is 3.06. The minimum absolute atomic E-state index is 0.188. The summed E-state index contributed by atoms with van der Waals surface area (Å²) in [5.74, 6) is 0.188. The van der Waals surface area contributed by atoms with Gasteiger partial charge in [-0.05, 0) is 59.5 Å². The standard InChI is InChI=1S/C40H34NO2P/c1-28-33(32-20-10-15-25-38(32)42)26-29(27-39(28)44(43,30-16-6-4-7-17-30)31-18-8-5-9-19-31)41-36-23-13-11-21-34(36)40(2,3)35-22-12-14-24-37(35)41/h4-27,42H,1-3H3. The third-order valence-electron chi connectivity index (χ3n) is 9.03. The summed E-state index contributed by atoms with van der Waals surface area (Å²) < 4.78 is 15.9. The summed E-state index contributed by atoms with van der Waals surface area (Å²) in [6.07, 6.45) is 0. The minimum Gasteiger partial charge on any atom is -0.507 e. The molecule has 7 rings (SSSR count). The van der Waals surface area contributed by atoms with Crippen molar-refractivity contribution in [1.29, 1.82) is 0 Å². The molecular formula is C40H34NO2P. The Morgan fingerprint density at radius 3 is 1.61 bits per heavy atom. The van der Waals surface area contributed by atoms with Gasteiger partial charge in [0, 0.05) is 32.6 Å². The lowest BCUT2D eigenvalue weighted by Gasteiger charge is -2.42.